The van der Waals surface area contributed by atoms with Gasteiger partial charge in [0.25, 0.3) is 10.0 Å². The first-order valence-corrected chi connectivity index (χ1v) is 10.2. The molecule has 0 unspecified atom stereocenters. The van der Waals surface area contributed by atoms with Crippen molar-refractivity contribution in [2.45, 2.75) is 26.7 Å². The van der Waals surface area contributed by atoms with Gasteiger partial charge in [-0.25, -0.2) is 12.4 Å². The second-order valence-corrected chi connectivity index (χ2v) is 7.95. The highest BCUT2D eigenvalue weighted by atomic mass is 32.2. The number of allylic oxidation sites excluding steroid dienone is 5. The topological polar surface area (TPSA) is 74.6 Å². The summed E-state index contributed by atoms with van der Waals surface area (Å²) in [6.45, 7) is 3.51. The van der Waals surface area contributed by atoms with E-state index < -0.39 is 10.0 Å². The highest BCUT2D eigenvalue weighted by Crippen LogP contribution is 2.24. The third-order valence-electron chi connectivity index (χ3n) is 4.26. The van der Waals surface area contributed by atoms with Crippen LogP contribution in [0.2, 0.25) is 0 Å². The number of aromatic nitrogens is 1. The highest BCUT2D eigenvalue weighted by Gasteiger charge is 2.19. The molecule has 0 fully saturated rings. The van der Waals surface area contributed by atoms with Gasteiger partial charge in [0, 0.05) is 18.0 Å². The van der Waals surface area contributed by atoms with Crippen LogP contribution in [-0.4, -0.2) is 32.6 Å². The van der Waals surface area contributed by atoms with Crippen LogP contribution < -0.4 is 0 Å². The van der Waals surface area contributed by atoms with Gasteiger partial charge in [-0.15, -0.1) is 0 Å². The number of hydrogen-bond donors (Lipinski definition) is 0. The fourth-order valence-electron chi connectivity index (χ4n) is 2.65. The molecule has 2 rings (SSSR count). The molecule has 0 saturated heterocycles. The van der Waals surface area contributed by atoms with E-state index in [9.17, 15) is 13.2 Å². The van der Waals surface area contributed by atoms with Crippen LogP contribution in [0.1, 0.15) is 25.8 Å². The van der Waals surface area contributed by atoms with Crippen molar-refractivity contribution < 1.29 is 22.7 Å². The first-order valence-electron chi connectivity index (χ1n) is 8.81. The van der Waals surface area contributed by atoms with Gasteiger partial charge < -0.3 is 9.47 Å². The van der Waals surface area contributed by atoms with Crippen LogP contribution in [0.25, 0.3) is 10.9 Å². The van der Waals surface area contributed by atoms with Crippen LogP contribution in [0, 0.1) is 0 Å². The number of rotatable bonds is 8. The highest BCUT2D eigenvalue weighted by molar-refractivity contribution is 7.94. The molecule has 0 aliphatic carbocycles. The number of aryl methyl sites for hydroxylation is 1. The first kappa shape index (κ1) is 21.5. The molecule has 150 valence electrons. The second kappa shape index (κ2) is 9.41. The summed E-state index contributed by atoms with van der Waals surface area (Å²) in [6.07, 6.45) is 8.70. The molecule has 1 aromatic heterocycles. The van der Waals surface area contributed by atoms with Crippen LogP contribution in [0.4, 0.5) is 0 Å². The lowest BCUT2D eigenvalue weighted by atomic mass is 10.1. The van der Waals surface area contributed by atoms with E-state index in [2.05, 4.69) is 4.74 Å². The summed E-state index contributed by atoms with van der Waals surface area (Å²) in [6, 6.07) is 7.21. The number of benzene rings is 1. The van der Waals surface area contributed by atoms with Gasteiger partial charge in [0.2, 0.25) is 0 Å². The smallest absolute Gasteiger partial charge is 0.305 e. The Bertz CT molecular complexity index is 1040. The maximum atomic E-state index is 13.1. The molecule has 0 amide bonds. The van der Waals surface area contributed by atoms with Crippen molar-refractivity contribution >= 4 is 26.9 Å². The molecule has 0 saturated carbocycles. The maximum absolute atomic E-state index is 13.1. The Morgan fingerprint density at radius 2 is 1.89 bits per heavy atom. The molecule has 0 spiro atoms. The maximum Gasteiger partial charge on any atom is 0.305 e. The monoisotopic (exact) mass is 403 g/mol. The Labute approximate surface area is 165 Å². The van der Waals surface area contributed by atoms with E-state index in [1.54, 1.807) is 44.2 Å². The molecule has 7 heteroatoms. The summed E-state index contributed by atoms with van der Waals surface area (Å²) >= 11 is 0. The van der Waals surface area contributed by atoms with Gasteiger partial charge in [-0.1, -0.05) is 12.1 Å². The van der Waals surface area contributed by atoms with Crippen LogP contribution >= 0.6 is 0 Å². The summed E-state index contributed by atoms with van der Waals surface area (Å²) in [5, 5.41) is 0.786. The van der Waals surface area contributed by atoms with Gasteiger partial charge in [0.15, 0.2) is 0 Å². The van der Waals surface area contributed by atoms with E-state index in [4.69, 9.17) is 4.74 Å². The first-order chi connectivity index (χ1) is 13.3. The molecule has 0 bridgehead atoms. The molecule has 28 heavy (non-hydrogen) atoms. The Morgan fingerprint density at radius 3 is 2.54 bits per heavy atom. The predicted octanol–water partition coefficient (Wildman–Crippen LogP) is 3.94. The summed E-state index contributed by atoms with van der Waals surface area (Å²) < 4.78 is 37.3. The number of carbonyl (C=O) groups excluding carboxylic acids is 1. The van der Waals surface area contributed by atoms with Crippen molar-refractivity contribution in [2.75, 3.05) is 14.2 Å². The molecule has 0 radical (unpaired) electrons. The fraction of sp³-hybridized carbons (Fsp3) is 0.286. The average molecular weight is 404 g/mol. The quantitative estimate of drug-likeness (QED) is 0.379. The number of esters is 1. The zero-order valence-corrected chi connectivity index (χ0v) is 17.3. The minimum absolute atomic E-state index is 0.152. The predicted molar refractivity (Wildman–Crippen MR) is 110 cm³/mol. The zero-order chi connectivity index (χ0) is 20.7. The molecule has 1 heterocycles. The molecule has 0 N–H and O–H groups in total. The zero-order valence-electron chi connectivity index (χ0n) is 16.5. The number of nitrogens with zero attached hydrogens (tertiary/aromatic N) is 1. The van der Waals surface area contributed by atoms with Gasteiger partial charge in [-0.2, -0.15) is 0 Å². The summed E-state index contributed by atoms with van der Waals surface area (Å²) in [4.78, 5) is 11.5. The van der Waals surface area contributed by atoms with Gasteiger partial charge in [-0.05, 0) is 62.3 Å². The van der Waals surface area contributed by atoms with Crippen molar-refractivity contribution in [3.63, 3.8) is 0 Å². The standard InChI is InChI=1S/C21H25NO5S/c1-5-6-19(10-7-16(2)26-3)28(24,25)22-14-13-18-15-17(8-11-20(18)22)9-12-21(23)27-4/h5-8,10-11,13-15H,9,12H2,1-4H3/b6-5-,16-7+,19-10+. The molecule has 0 aliphatic rings. The second-order valence-electron chi connectivity index (χ2n) is 6.14. The van der Waals surface area contributed by atoms with E-state index in [1.165, 1.54) is 30.5 Å². The van der Waals surface area contributed by atoms with Crippen LogP contribution in [0.3, 0.4) is 0 Å². The van der Waals surface area contributed by atoms with Gasteiger partial charge >= 0.3 is 5.97 Å². The van der Waals surface area contributed by atoms with Crippen molar-refractivity contribution in [2.24, 2.45) is 0 Å². The largest absolute Gasteiger partial charge is 0.501 e. The third kappa shape index (κ3) is 4.92. The Hall–Kier alpha value is -2.80. The minimum Gasteiger partial charge on any atom is -0.501 e. The SMILES string of the molecule is C\C=C/C(=C\C=C(/C)OC)S(=O)(=O)n1ccc2cc(CCC(=O)OC)ccc21. The summed E-state index contributed by atoms with van der Waals surface area (Å²) in [5.74, 6) is 0.325. The molecular formula is C21H25NO5S. The summed E-state index contributed by atoms with van der Waals surface area (Å²) in [7, 11) is -0.891. The number of methoxy groups -OCH3 is 2. The molecule has 1 aromatic carbocycles. The normalized spacial score (nSPS) is 13.3. The van der Waals surface area contributed by atoms with Crippen molar-refractivity contribution in [1.82, 2.24) is 3.97 Å². The van der Waals surface area contributed by atoms with E-state index in [-0.39, 0.29) is 17.3 Å². The summed E-state index contributed by atoms with van der Waals surface area (Å²) in [5.41, 5.74) is 1.51. The Morgan fingerprint density at radius 1 is 1.14 bits per heavy atom. The van der Waals surface area contributed by atoms with E-state index in [0.29, 0.717) is 17.7 Å². The Balaban J connectivity index is 2.43. The molecule has 0 aliphatic heterocycles. The number of fused-ring (bicyclic) bond motifs is 1. The molecular weight excluding hydrogens is 378 g/mol. The lowest BCUT2D eigenvalue weighted by Gasteiger charge is -2.09. The average Bonchev–Trinajstić information content (AvgIpc) is 3.12. The fourth-order valence-corrected chi connectivity index (χ4v) is 4.07. The molecule has 0 atom stereocenters. The van der Waals surface area contributed by atoms with Gasteiger partial charge in [0.1, 0.15) is 0 Å². The van der Waals surface area contributed by atoms with E-state index >= 15 is 0 Å². The minimum atomic E-state index is -3.78. The Kier molecular flexibility index (Phi) is 7.23. The lowest BCUT2D eigenvalue weighted by molar-refractivity contribution is -0.140. The van der Waals surface area contributed by atoms with E-state index in [0.717, 1.165) is 10.9 Å². The number of ether oxygens (including phenoxy) is 2. The van der Waals surface area contributed by atoms with E-state index in [1.807, 2.05) is 12.1 Å². The third-order valence-corrected chi connectivity index (χ3v) is 5.96. The van der Waals surface area contributed by atoms with Crippen LogP contribution in [-0.2, 0) is 30.7 Å². The number of carbonyl (C=O) groups is 1. The van der Waals surface area contributed by atoms with Crippen molar-refractivity contribution in [3.8, 4) is 0 Å². The lowest BCUT2D eigenvalue weighted by Crippen LogP contribution is -2.13. The number of hydrogen-bond acceptors (Lipinski definition) is 5. The van der Waals surface area contributed by atoms with Crippen LogP contribution in [0.15, 0.2) is 65.4 Å². The van der Waals surface area contributed by atoms with Crippen LogP contribution in [0.5, 0.6) is 0 Å². The van der Waals surface area contributed by atoms with Gasteiger partial charge in [-0.3, -0.25) is 4.79 Å². The van der Waals surface area contributed by atoms with Crippen molar-refractivity contribution in [3.05, 3.63) is 71.0 Å². The van der Waals surface area contributed by atoms with Gasteiger partial charge in [0.05, 0.1) is 30.4 Å². The molecule has 2 aromatic rings. The molecule has 6 nitrogen and oxygen atoms in total. The van der Waals surface area contributed by atoms with Crippen molar-refractivity contribution in [1.29, 1.82) is 0 Å².